The van der Waals surface area contributed by atoms with Crippen LogP contribution in [-0.2, 0) is 32.7 Å². The minimum atomic E-state index is -3.64. The van der Waals surface area contributed by atoms with Crippen molar-refractivity contribution in [3.63, 3.8) is 0 Å². The number of piperazine rings is 1. The minimum absolute atomic E-state index is 0.108. The Labute approximate surface area is 185 Å². The first-order chi connectivity index (χ1) is 14.1. The third kappa shape index (κ3) is 4.91. The van der Waals surface area contributed by atoms with E-state index in [-0.39, 0.29) is 26.2 Å². The number of carbonyl (C=O) groups excluding carboxylic acids is 2. The zero-order valence-corrected chi connectivity index (χ0v) is 19.2. The molecule has 1 heterocycles. The average Bonchev–Trinajstić information content (AvgIpc) is 2.70. The quantitative estimate of drug-likeness (QED) is 0.667. The monoisotopic (exact) mass is 493 g/mol. The second-order valence-corrected chi connectivity index (χ2v) is 10.4. The summed E-state index contributed by atoms with van der Waals surface area (Å²) >= 11 is 3.48. The van der Waals surface area contributed by atoms with Crippen molar-refractivity contribution in [2.45, 2.75) is 25.6 Å². The second kappa shape index (κ2) is 8.87. The molecule has 160 valence electrons. The maximum Gasteiger partial charge on any atom is 0.247 e. The van der Waals surface area contributed by atoms with Crippen LogP contribution in [0, 0.1) is 0 Å². The van der Waals surface area contributed by atoms with E-state index in [2.05, 4.69) is 21.2 Å². The van der Waals surface area contributed by atoms with Gasteiger partial charge in [0.15, 0.2) is 0 Å². The Morgan fingerprint density at radius 3 is 2.40 bits per heavy atom. The van der Waals surface area contributed by atoms with Crippen molar-refractivity contribution >= 4 is 37.8 Å². The molecule has 1 atom stereocenters. The molecule has 2 aromatic carbocycles. The highest BCUT2D eigenvalue weighted by molar-refractivity contribution is 9.10. The van der Waals surface area contributed by atoms with Gasteiger partial charge in [0, 0.05) is 24.1 Å². The lowest BCUT2D eigenvalue weighted by molar-refractivity contribution is -0.153. The SMILES string of the molecule is C[C@]1(C(=O)NCc2ccccc2)CN(S(C)(=O)=O)CC(=O)N1Cc1ccccc1Br. The van der Waals surface area contributed by atoms with E-state index in [4.69, 9.17) is 0 Å². The number of halogens is 1. The number of amides is 2. The Kier molecular flexibility index (Phi) is 6.64. The predicted molar refractivity (Wildman–Crippen MR) is 118 cm³/mol. The fourth-order valence-corrected chi connectivity index (χ4v) is 4.69. The topological polar surface area (TPSA) is 86.8 Å². The molecule has 7 nitrogen and oxygen atoms in total. The Bertz CT molecular complexity index is 1050. The number of benzene rings is 2. The van der Waals surface area contributed by atoms with Gasteiger partial charge in [0.2, 0.25) is 21.8 Å². The van der Waals surface area contributed by atoms with E-state index in [1.54, 1.807) is 6.92 Å². The van der Waals surface area contributed by atoms with Gasteiger partial charge in [-0.15, -0.1) is 0 Å². The third-order valence-corrected chi connectivity index (χ3v) is 7.20. The predicted octanol–water partition coefficient (Wildman–Crippen LogP) is 2.13. The van der Waals surface area contributed by atoms with E-state index in [0.29, 0.717) is 0 Å². The fraction of sp³-hybridized carbons (Fsp3) is 0.333. The van der Waals surface area contributed by atoms with Gasteiger partial charge in [-0.2, -0.15) is 4.31 Å². The Morgan fingerprint density at radius 2 is 1.77 bits per heavy atom. The van der Waals surface area contributed by atoms with Crippen LogP contribution in [0.5, 0.6) is 0 Å². The fourth-order valence-electron chi connectivity index (χ4n) is 3.45. The van der Waals surface area contributed by atoms with Crippen molar-refractivity contribution in [2.24, 2.45) is 0 Å². The number of carbonyl (C=O) groups is 2. The lowest BCUT2D eigenvalue weighted by Crippen LogP contribution is -2.69. The molecule has 1 N–H and O–H groups in total. The summed E-state index contributed by atoms with van der Waals surface area (Å²) in [6.07, 6.45) is 1.05. The van der Waals surface area contributed by atoms with Gasteiger partial charge in [0.1, 0.15) is 5.54 Å². The maximum atomic E-state index is 13.3. The Morgan fingerprint density at radius 1 is 1.13 bits per heavy atom. The van der Waals surface area contributed by atoms with Crippen molar-refractivity contribution in [1.82, 2.24) is 14.5 Å². The van der Waals surface area contributed by atoms with Crippen LogP contribution in [0.15, 0.2) is 59.1 Å². The van der Waals surface area contributed by atoms with Gasteiger partial charge in [0.25, 0.3) is 0 Å². The Balaban J connectivity index is 1.91. The Hall–Kier alpha value is -2.23. The van der Waals surface area contributed by atoms with Gasteiger partial charge < -0.3 is 10.2 Å². The van der Waals surface area contributed by atoms with Crippen LogP contribution in [0.1, 0.15) is 18.1 Å². The van der Waals surface area contributed by atoms with Gasteiger partial charge in [-0.05, 0) is 24.1 Å². The van der Waals surface area contributed by atoms with Crippen LogP contribution in [0.3, 0.4) is 0 Å². The molecule has 9 heteroatoms. The molecule has 0 aromatic heterocycles. The number of nitrogens with one attached hydrogen (secondary N) is 1. The van der Waals surface area contributed by atoms with Gasteiger partial charge in [0.05, 0.1) is 12.8 Å². The standard InChI is InChI=1S/C21H24BrN3O4S/c1-21(20(27)23-12-16-8-4-3-5-9-16)15-24(30(2,28)29)14-19(26)25(21)13-17-10-6-7-11-18(17)22/h3-11H,12-15H2,1-2H3,(H,23,27)/t21-/m1/s1. The summed E-state index contributed by atoms with van der Waals surface area (Å²) in [5, 5.41) is 2.87. The zero-order valence-electron chi connectivity index (χ0n) is 16.8. The molecule has 2 amide bonds. The molecule has 0 aliphatic carbocycles. The van der Waals surface area contributed by atoms with Crippen LogP contribution in [0.2, 0.25) is 0 Å². The van der Waals surface area contributed by atoms with Crippen molar-refractivity contribution in [2.75, 3.05) is 19.3 Å². The summed E-state index contributed by atoms with van der Waals surface area (Å²) in [6.45, 7) is 1.69. The van der Waals surface area contributed by atoms with E-state index in [1.165, 1.54) is 4.90 Å². The summed E-state index contributed by atoms with van der Waals surface area (Å²) in [5.41, 5.74) is 0.386. The van der Waals surface area contributed by atoms with Gasteiger partial charge in [-0.25, -0.2) is 8.42 Å². The summed E-state index contributed by atoms with van der Waals surface area (Å²) in [4.78, 5) is 27.7. The normalized spacial score (nSPS) is 20.2. The molecule has 1 aliphatic heterocycles. The number of hydrogen-bond donors (Lipinski definition) is 1. The first-order valence-corrected chi connectivity index (χ1v) is 12.1. The molecule has 0 unspecified atom stereocenters. The average molecular weight is 494 g/mol. The highest BCUT2D eigenvalue weighted by atomic mass is 79.9. The maximum absolute atomic E-state index is 13.3. The van der Waals surface area contributed by atoms with Crippen molar-refractivity contribution in [3.8, 4) is 0 Å². The largest absolute Gasteiger partial charge is 0.350 e. The lowest BCUT2D eigenvalue weighted by Gasteiger charge is -2.46. The summed E-state index contributed by atoms with van der Waals surface area (Å²) in [6, 6.07) is 16.8. The van der Waals surface area contributed by atoms with E-state index in [1.807, 2.05) is 54.6 Å². The zero-order chi connectivity index (χ0) is 21.9. The summed E-state index contributed by atoms with van der Waals surface area (Å²) < 4.78 is 26.2. The molecule has 2 aromatic rings. The van der Waals surface area contributed by atoms with Crippen molar-refractivity contribution in [1.29, 1.82) is 0 Å². The molecular weight excluding hydrogens is 470 g/mol. The molecule has 0 radical (unpaired) electrons. The first-order valence-electron chi connectivity index (χ1n) is 9.42. The van der Waals surface area contributed by atoms with Crippen molar-refractivity contribution < 1.29 is 18.0 Å². The molecule has 1 fully saturated rings. The van der Waals surface area contributed by atoms with Gasteiger partial charge in [-0.1, -0.05) is 64.5 Å². The molecule has 3 rings (SSSR count). The molecule has 0 saturated carbocycles. The molecule has 30 heavy (non-hydrogen) atoms. The summed E-state index contributed by atoms with van der Waals surface area (Å²) in [5.74, 6) is -0.820. The van der Waals surface area contributed by atoms with Crippen LogP contribution >= 0.6 is 15.9 Å². The second-order valence-electron chi connectivity index (χ2n) is 7.54. The third-order valence-electron chi connectivity index (χ3n) is 5.23. The number of nitrogens with zero attached hydrogens (tertiary/aromatic N) is 2. The first kappa shape index (κ1) is 22.5. The van der Waals surface area contributed by atoms with E-state index in [9.17, 15) is 18.0 Å². The van der Waals surface area contributed by atoms with Crippen LogP contribution < -0.4 is 5.32 Å². The smallest absolute Gasteiger partial charge is 0.247 e. The van der Waals surface area contributed by atoms with E-state index in [0.717, 1.165) is 26.2 Å². The van der Waals surface area contributed by atoms with Crippen LogP contribution in [0.4, 0.5) is 0 Å². The molecule has 0 bridgehead atoms. The van der Waals surface area contributed by atoms with E-state index < -0.39 is 27.4 Å². The molecule has 1 saturated heterocycles. The number of hydrogen-bond acceptors (Lipinski definition) is 4. The minimum Gasteiger partial charge on any atom is -0.350 e. The van der Waals surface area contributed by atoms with Gasteiger partial charge in [-0.3, -0.25) is 9.59 Å². The van der Waals surface area contributed by atoms with Crippen LogP contribution in [0.25, 0.3) is 0 Å². The van der Waals surface area contributed by atoms with Gasteiger partial charge >= 0.3 is 0 Å². The summed E-state index contributed by atoms with van der Waals surface area (Å²) in [7, 11) is -3.64. The molecule has 0 spiro atoms. The highest BCUT2D eigenvalue weighted by Gasteiger charge is 2.49. The highest BCUT2D eigenvalue weighted by Crippen LogP contribution is 2.28. The number of sulfonamides is 1. The molecule has 1 aliphatic rings. The van der Waals surface area contributed by atoms with Crippen molar-refractivity contribution in [3.05, 3.63) is 70.2 Å². The number of rotatable bonds is 6. The lowest BCUT2D eigenvalue weighted by atomic mass is 9.94. The van der Waals surface area contributed by atoms with Crippen LogP contribution in [-0.4, -0.2) is 54.3 Å². The molecular formula is C21H24BrN3O4S. The van der Waals surface area contributed by atoms with E-state index >= 15 is 0 Å².